The number of hydrogen-bond donors (Lipinski definition) is 1. The van der Waals surface area contributed by atoms with Crippen molar-refractivity contribution in [3.63, 3.8) is 0 Å². The predicted molar refractivity (Wildman–Crippen MR) is 70.0 cm³/mol. The molecule has 19 heavy (non-hydrogen) atoms. The molecule has 0 atom stereocenters. The van der Waals surface area contributed by atoms with Crippen molar-refractivity contribution in [1.29, 1.82) is 0 Å². The van der Waals surface area contributed by atoms with Crippen LogP contribution in [0.4, 0.5) is 0 Å². The van der Waals surface area contributed by atoms with Gasteiger partial charge in [0.25, 0.3) is 0 Å². The number of aliphatic carboxylic acids is 1. The van der Waals surface area contributed by atoms with Gasteiger partial charge >= 0.3 is 5.97 Å². The summed E-state index contributed by atoms with van der Waals surface area (Å²) in [6, 6.07) is 9.75. The van der Waals surface area contributed by atoms with Gasteiger partial charge in [0.05, 0.1) is 12.4 Å². The molecule has 0 aliphatic carbocycles. The van der Waals surface area contributed by atoms with E-state index in [0.29, 0.717) is 12.4 Å². The highest BCUT2D eigenvalue weighted by Crippen LogP contribution is 2.19. The number of carboxylic acids is 1. The first-order valence-electron chi connectivity index (χ1n) is 5.95. The molecule has 0 saturated heterocycles. The molecule has 0 bridgehead atoms. The van der Waals surface area contributed by atoms with Gasteiger partial charge in [-0.25, -0.2) is 4.79 Å². The summed E-state index contributed by atoms with van der Waals surface area (Å²) in [5.74, 6) is -0.386. The Morgan fingerprint density at radius 2 is 2.05 bits per heavy atom. The van der Waals surface area contributed by atoms with Crippen LogP contribution in [0.15, 0.2) is 42.7 Å². The van der Waals surface area contributed by atoms with Gasteiger partial charge in [-0.05, 0) is 19.4 Å². The Hall–Kier alpha value is -2.30. The molecular weight excluding hydrogens is 244 g/mol. The highest BCUT2D eigenvalue weighted by Gasteiger charge is 2.30. The van der Waals surface area contributed by atoms with Gasteiger partial charge in [0.2, 0.25) is 0 Å². The molecule has 0 spiro atoms. The van der Waals surface area contributed by atoms with Crippen molar-refractivity contribution in [2.45, 2.75) is 26.0 Å². The van der Waals surface area contributed by atoms with E-state index in [1.54, 1.807) is 20.0 Å². The highest BCUT2D eigenvalue weighted by molar-refractivity contribution is 5.75. The molecule has 2 rings (SSSR count). The van der Waals surface area contributed by atoms with Crippen LogP contribution in [0.3, 0.4) is 0 Å². The fourth-order valence-corrected chi connectivity index (χ4v) is 1.53. The van der Waals surface area contributed by atoms with Crippen LogP contribution in [0.2, 0.25) is 0 Å². The van der Waals surface area contributed by atoms with Gasteiger partial charge in [0, 0.05) is 0 Å². The van der Waals surface area contributed by atoms with E-state index in [1.807, 2.05) is 30.3 Å². The highest BCUT2D eigenvalue weighted by atomic mass is 16.5. The Labute approximate surface area is 111 Å². The van der Waals surface area contributed by atoms with Gasteiger partial charge < -0.3 is 9.84 Å². The quantitative estimate of drug-likeness (QED) is 0.895. The van der Waals surface area contributed by atoms with Gasteiger partial charge in [-0.1, -0.05) is 30.3 Å². The largest absolute Gasteiger partial charge is 0.486 e. The summed E-state index contributed by atoms with van der Waals surface area (Å²) in [6.45, 7) is 3.60. The van der Waals surface area contributed by atoms with E-state index in [0.717, 1.165) is 5.56 Å². The smallest absolute Gasteiger partial charge is 0.331 e. The molecule has 1 heterocycles. The van der Waals surface area contributed by atoms with Crippen molar-refractivity contribution < 1.29 is 14.6 Å². The predicted octanol–water partition coefficient (Wildman–Crippen LogP) is 2.28. The number of carbonyl (C=O) groups is 1. The Kier molecular flexibility index (Phi) is 3.55. The van der Waals surface area contributed by atoms with Crippen LogP contribution in [0, 0.1) is 0 Å². The number of ether oxygens (including phenoxy) is 1. The number of aromatic nitrogens is 2. The minimum Gasteiger partial charge on any atom is -0.486 e. The maximum absolute atomic E-state index is 11.1. The number of rotatable bonds is 5. The molecule has 0 saturated carbocycles. The summed E-state index contributed by atoms with van der Waals surface area (Å²) >= 11 is 0. The zero-order valence-electron chi connectivity index (χ0n) is 10.9. The summed E-state index contributed by atoms with van der Waals surface area (Å²) in [7, 11) is 0. The minimum atomic E-state index is -1.09. The minimum absolute atomic E-state index is 0.431. The lowest BCUT2D eigenvalue weighted by molar-refractivity contribution is -0.146. The van der Waals surface area contributed by atoms with Gasteiger partial charge in [-0.3, -0.25) is 4.68 Å². The average molecular weight is 260 g/mol. The van der Waals surface area contributed by atoms with Gasteiger partial charge in [0.15, 0.2) is 11.3 Å². The van der Waals surface area contributed by atoms with Crippen molar-refractivity contribution >= 4 is 5.97 Å². The molecular formula is C14H16N2O3. The molecule has 5 nitrogen and oxygen atoms in total. The van der Waals surface area contributed by atoms with E-state index < -0.39 is 11.5 Å². The molecule has 0 radical (unpaired) electrons. The lowest BCUT2D eigenvalue weighted by Gasteiger charge is -2.19. The molecule has 0 aliphatic rings. The Morgan fingerprint density at radius 3 is 2.68 bits per heavy atom. The monoisotopic (exact) mass is 260 g/mol. The first-order chi connectivity index (χ1) is 9.00. The lowest BCUT2D eigenvalue weighted by atomic mass is 10.1. The fraction of sp³-hybridized carbons (Fsp3) is 0.286. The first-order valence-corrected chi connectivity index (χ1v) is 5.95. The molecule has 1 N–H and O–H groups in total. The SMILES string of the molecule is CC(C)(C(=O)O)n1cc(OCc2ccccc2)cn1. The molecule has 1 aromatic heterocycles. The Balaban J connectivity index is 2.04. The number of hydrogen-bond acceptors (Lipinski definition) is 3. The maximum atomic E-state index is 11.1. The van der Waals surface area contributed by atoms with Crippen molar-refractivity contribution in [3.8, 4) is 5.75 Å². The number of benzene rings is 1. The van der Waals surface area contributed by atoms with Crippen LogP contribution in [0.5, 0.6) is 5.75 Å². The molecule has 2 aromatic rings. The second kappa shape index (κ2) is 5.14. The van der Waals surface area contributed by atoms with E-state index in [1.165, 1.54) is 10.9 Å². The van der Waals surface area contributed by atoms with E-state index in [9.17, 15) is 4.79 Å². The summed E-state index contributed by atoms with van der Waals surface area (Å²) in [5, 5.41) is 13.1. The fourth-order valence-electron chi connectivity index (χ4n) is 1.53. The van der Waals surface area contributed by atoms with Crippen LogP contribution in [0.1, 0.15) is 19.4 Å². The van der Waals surface area contributed by atoms with Gasteiger partial charge in [-0.15, -0.1) is 0 Å². The molecule has 0 amide bonds. The van der Waals surface area contributed by atoms with Crippen LogP contribution in [0.25, 0.3) is 0 Å². The van der Waals surface area contributed by atoms with Crippen molar-refractivity contribution in [2.75, 3.05) is 0 Å². The van der Waals surface area contributed by atoms with E-state index >= 15 is 0 Å². The van der Waals surface area contributed by atoms with E-state index in [4.69, 9.17) is 9.84 Å². The topological polar surface area (TPSA) is 64.3 Å². The molecule has 5 heteroatoms. The van der Waals surface area contributed by atoms with E-state index in [2.05, 4.69) is 5.10 Å². The Bertz CT molecular complexity index is 561. The third kappa shape index (κ3) is 2.93. The molecule has 1 aromatic carbocycles. The summed E-state index contributed by atoms with van der Waals surface area (Å²) in [6.07, 6.45) is 3.12. The second-order valence-electron chi connectivity index (χ2n) is 4.76. The third-order valence-electron chi connectivity index (χ3n) is 2.90. The number of carboxylic acid groups (broad SMARTS) is 1. The molecule has 0 fully saturated rings. The van der Waals surface area contributed by atoms with Crippen LogP contribution >= 0.6 is 0 Å². The van der Waals surface area contributed by atoms with Crippen LogP contribution in [-0.4, -0.2) is 20.9 Å². The van der Waals surface area contributed by atoms with Crippen LogP contribution in [-0.2, 0) is 16.9 Å². The van der Waals surface area contributed by atoms with Crippen molar-refractivity contribution in [3.05, 3.63) is 48.3 Å². The normalized spacial score (nSPS) is 11.3. The first kappa shape index (κ1) is 13.1. The molecule has 0 aliphatic heterocycles. The van der Waals surface area contributed by atoms with Gasteiger partial charge in [0.1, 0.15) is 6.61 Å². The maximum Gasteiger partial charge on any atom is 0.331 e. The van der Waals surface area contributed by atoms with Gasteiger partial charge in [-0.2, -0.15) is 5.10 Å². The second-order valence-corrected chi connectivity index (χ2v) is 4.76. The van der Waals surface area contributed by atoms with Crippen molar-refractivity contribution in [1.82, 2.24) is 9.78 Å². The zero-order valence-corrected chi connectivity index (χ0v) is 10.9. The summed E-state index contributed by atoms with van der Waals surface area (Å²) in [4.78, 5) is 11.1. The summed E-state index contributed by atoms with van der Waals surface area (Å²) < 4.78 is 6.96. The van der Waals surface area contributed by atoms with E-state index in [-0.39, 0.29) is 0 Å². The third-order valence-corrected chi connectivity index (χ3v) is 2.90. The summed E-state index contributed by atoms with van der Waals surface area (Å²) in [5.41, 5.74) is -0.0401. The molecule has 100 valence electrons. The molecule has 0 unspecified atom stereocenters. The number of nitrogens with zero attached hydrogens (tertiary/aromatic N) is 2. The average Bonchev–Trinajstić information content (AvgIpc) is 2.87. The standard InChI is InChI=1S/C14H16N2O3/c1-14(2,13(17)18)16-9-12(8-15-16)19-10-11-6-4-3-5-7-11/h3-9H,10H2,1-2H3,(H,17,18). The van der Waals surface area contributed by atoms with Crippen LogP contribution < -0.4 is 4.74 Å². The van der Waals surface area contributed by atoms with Crippen molar-refractivity contribution in [2.24, 2.45) is 0 Å². The Morgan fingerprint density at radius 1 is 1.37 bits per heavy atom. The zero-order chi connectivity index (χ0) is 13.9. The lowest BCUT2D eigenvalue weighted by Crippen LogP contribution is -2.35.